The minimum absolute atomic E-state index is 0.0754. The van der Waals surface area contributed by atoms with E-state index in [1.165, 1.54) is 4.31 Å². The third-order valence-corrected chi connectivity index (χ3v) is 6.12. The van der Waals surface area contributed by atoms with E-state index in [9.17, 15) is 13.5 Å². The van der Waals surface area contributed by atoms with Gasteiger partial charge in [-0.2, -0.15) is 4.31 Å². The summed E-state index contributed by atoms with van der Waals surface area (Å²) in [6.45, 7) is 6.76. The quantitative estimate of drug-likeness (QED) is 0.674. The first-order chi connectivity index (χ1) is 9.04. The summed E-state index contributed by atoms with van der Waals surface area (Å²) >= 11 is 0. The molecule has 2 unspecified atom stereocenters. The van der Waals surface area contributed by atoms with Gasteiger partial charge in [0.2, 0.25) is 10.0 Å². The topological polar surface area (TPSA) is 72.9 Å². The van der Waals surface area contributed by atoms with Gasteiger partial charge in [0.05, 0.1) is 18.4 Å². The maximum Gasteiger partial charge on any atom is 0.215 e. The Balaban J connectivity index is 1.90. The highest BCUT2D eigenvalue weighted by molar-refractivity contribution is 7.89. The van der Waals surface area contributed by atoms with Gasteiger partial charge in [0.1, 0.15) is 0 Å². The van der Waals surface area contributed by atoms with Crippen molar-refractivity contribution in [3.8, 4) is 0 Å². The molecule has 7 heteroatoms. The van der Waals surface area contributed by atoms with Gasteiger partial charge in [-0.15, -0.1) is 0 Å². The fourth-order valence-corrected chi connectivity index (χ4v) is 4.68. The van der Waals surface area contributed by atoms with Crippen molar-refractivity contribution in [3.63, 3.8) is 0 Å². The summed E-state index contributed by atoms with van der Waals surface area (Å²) in [5.41, 5.74) is 0. The monoisotopic (exact) mass is 291 g/mol. The zero-order valence-electron chi connectivity index (χ0n) is 11.6. The highest BCUT2D eigenvalue weighted by Crippen LogP contribution is 2.26. The first kappa shape index (κ1) is 15.2. The van der Waals surface area contributed by atoms with Gasteiger partial charge in [-0.05, 0) is 12.3 Å². The molecule has 0 aliphatic carbocycles. The maximum absolute atomic E-state index is 12.4. The summed E-state index contributed by atoms with van der Waals surface area (Å²) in [6, 6.07) is -0.229. The van der Waals surface area contributed by atoms with Crippen LogP contribution in [0.1, 0.15) is 13.3 Å². The van der Waals surface area contributed by atoms with Gasteiger partial charge in [0, 0.05) is 39.3 Å². The van der Waals surface area contributed by atoms with E-state index in [0.717, 1.165) is 32.6 Å². The van der Waals surface area contributed by atoms with Gasteiger partial charge in [-0.3, -0.25) is 4.90 Å². The molecular formula is C12H25N3O3S. The number of aliphatic hydroxyl groups is 1. The number of aliphatic hydroxyl groups excluding tert-OH is 1. The zero-order chi connectivity index (χ0) is 13.9. The Morgan fingerprint density at radius 2 is 1.95 bits per heavy atom. The molecule has 6 nitrogen and oxygen atoms in total. The van der Waals surface area contributed by atoms with Crippen LogP contribution in [0.25, 0.3) is 0 Å². The second-order valence-electron chi connectivity index (χ2n) is 5.53. The number of nitrogens with one attached hydrogen (secondary N) is 1. The Labute approximate surface area is 115 Å². The van der Waals surface area contributed by atoms with Crippen molar-refractivity contribution in [3.05, 3.63) is 0 Å². The Morgan fingerprint density at radius 1 is 1.26 bits per heavy atom. The molecule has 0 bridgehead atoms. The molecule has 112 valence electrons. The average Bonchev–Trinajstić information content (AvgIpc) is 2.79. The molecule has 2 N–H and O–H groups in total. The molecule has 2 rings (SSSR count). The summed E-state index contributed by atoms with van der Waals surface area (Å²) in [7, 11) is -3.24. The Hall–Kier alpha value is -0.210. The lowest BCUT2D eigenvalue weighted by Gasteiger charge is -2.29. The Bertz CT molecular complexity index is 382. The molecule has 2 aliphatic heterocycles. The first-order valence-corrected chi connectivity index (χ1v) is 8.69. The summed E-state index contributed by atoms with van der Waals surface area (Å²) in [5, 5.41) is 12.6. The smallest absolute Gasteiger partial charge is 0.215 e. The van der Waals surface area contributed by atoms with Crippen molar-refractivity contribution in [2.75, 3.05) is 51.6 Å². The maximum atomic E-state index is 12.4. The van der Waals surface area contributed by atoms with Crippen LogP contribution in [0.15, 0.2) is 0 Å². The SMILES string of the molecule is CC1CCN(S(=O)(=O)CCN2CCNCC2)C1CO. The lowest BCUT2D eigenvalue weighted by molar-refractivity contribution is 0.190. The molecule has 2 fully saturated rings. The molecular weight excluding hydrogens is 266 g/mol. The van der Waals surface area contributed by atoms with E-state index in [2.05, 4.69) is 10.2 Å². The molecule has 0 spiro atoms. The number of nitrogens with zero attached hydrogens (tertiary/aromatic N) is 2. The number of hydrogen-bond donors (Lipinski definition) is 2. The van der Waals surface area contributed by atoms with E-state index in [-0.39, 0.29) is 24.3 Å². The number of sulfonamides is 1. The van der Waals surface area contributed by atoms with E-state index < -0.39 is 10.0 Å². The highest BCUT2D eigenvalue weighted by Gasteiger charge is 2.38. The normalized spacial score (nSPS) is 30.8. The summed E-state index contributed by atoms with van der Waals surface area (Å²) in [4.78, 5) is 2.18. The molecule has 2 atom stereocenters. The van der Waals surface area contributed by atoms with Crippen LogP contribution in [0.5, 0.6) is 0 Å². The third kappa shape index (κ3) is 3.66. The predicted molar refractivity (Wildman–Crippen MR) is 74.5 cm³/mol. The van der Waals surface area contributed by atoms with Crippen LogP contribution in [0.3, 0.4) is 0 Å². The molecule has 0 radical (unpaired) electrons. The fourth-order valence-electron chi connectivity index (χ4n) is 2.89. The fraction of sp³-hybridized carbons (Fsp3) is 1.00. The second-order valence-corrected chi connectivity index (χ2v) is 7.58. The molecule has 0 saturated carbocycles. The summed E-state index contributed by atoms with van der Waals surface area (Å²) in [6.07, 6.45) is 0.845. The van der Waals surface area contributed by atoms with Crippen molar-refractivity contribution in [1.29, 1.82) is 0 Å². The van der Waals surface area contributed by atoms with Gasteiger partial charge in [-0.25, -0.2) is 8.42 Å². The van der Waals surface area contributed by atoms with Gasteiger partial charge >= 0.3 is 0 Å². The summed E-state index contributed by atoms with van der Waals surface area (Å²) in [5.74, 6) is 0.412. The Morgan fingerprint density at radius 3 is 2.58 bits per heavy atom. The average molecular weight is 291 g/mol. The van der Waals surface area contributed by atoms with Crippen LogP contribution in [-0.4, -0.2) is 80.4 Å². The van der Waals surface area contributed by atoms with Gasteiger partial charge < -0.3 is 10.4 Å². The molecule has 2 heterocycles. The highest BCUT2D eigenvalue weighted by atomic mass is 32.2. The predicted octanol–water partition coefficient (Wildman–Crippen LogP) is -1.08. The number of rotatable bonds is 5. The van der Waals surface area contributed by atoms with Crippen LogP contribution in [0.2, 0.25) is 0 Å². The molecule has 0 aromatic heterocycles. The lowest BCUT2D eigenvalue weighted by Crippen LogP contribution is -2.47. The van der Waals surface area contributed by atoms with Crippen LogP contribution >= 0.6 is 0 Å². The minimum atomic E-state index is -3.24. The standard InChI is InChI=1S/C12H25N3O3S/c1-11-2-5-15(12(11)10-16)19(17,18)9-8-14-6-3-13-4-7-14/h11-13,16H,2-10H2,1H3. The van der Waals surface area contributed by atoms with E-state index in [0.29, 0.717) is 13.1 Å². The minimum Gasteiger partial charge on any atom is -0.395 e. The number of piperazine rings is 1. The van der Waals surface area contributed by atoms with Crippen molar-refractivity contribution in [2.45, 2.75) is 19.4 Å². The van der Waals surface area contributed by atoms with Crippen LogP contribution in [0.4, 0.5) is 0 Å². The van der Waals surface area contributed by atoms with Crippen molar-refractivity contribution in [2.24, 2.45) is 5.92 Å². The lowest BCUT2D eigenvalue weighted by atomic mass is 10.0. The Kier molecular flexibility index (Phi) is 5.19. The second kappa shape index (κ2) is 6.49. The first-order valence-electron chi connectivity index (χ1n) is 7.08. The molecule has 0 aromatic rings. The third-order valence-electron chi connectivity index (χ3n) is 4.25. The summed E-state index contributed by atoms with van der Waals surface area (Å²) < 4.78 is 26.2. The van der Waals surface area contributed by atoms with Crippen molar-refractivity contribution >= 4 is 10.0 Å². The van der Waals surface area contributed by atoms with Crippen LogP contribution in [0, 0.1) is 5.92 Å². The number of hydrogen-bond acceptors (Lipinski definition) is 5. The van der Waals surface area contributed by atoms with E-state index in [1.54, 1.807) is 0 Å². The molecule has 2 saturated heterocycles. The molecule has 0 amide bonds. The van der Waals surface area contributed by atoms with Gasteiger partial charge in [0.15, 0.2) is 0 Å². The van der Waals surface area contributed by atoms with Gasteiger partial charge in [0.25, 0.3) is 0 Å². The largest absolute Gasteiger partial charge is 0.395 e. The molecule has 19 heavy (non-hydrogen) atoms. The van der Waals surface area contributed by atoms with Gasteiger partial charge in [-0.1, -0.05) is 6.92 Å². The molecule has 2 aliphatic rings. The van der Waals surface area contributed by atoms with E-state index in [1.807, 2.05) is 6.92 Å². The zero-order valence-corrected chi connectivity index (χ0v) is 12.4. The van der Waals surface area contributed by atoms with Crippen LogP contribution in [-0.2, 0) is 10.0 Å². The van der Waals surface area contributed by atoms with E-state index in [4.69, 9.17) is 0 Å². The molecule has 0 aromatic carbocycles. The van der Waals surface area contributed by atoms with Crippen LogP contribution < -0.4 is 5.32 Å². The van der Waals surface area contributed by atoms with Crippen molar-refractivity contribution in [1.82, 2.24) is 14.5 Å². The van der Waals surface area contributed by atoms with E-state index >= 15 is 0 Å². The van der Waals surface area contributed by atoms with Crippen molar-refractivity contribution < 1.29 is 13.5 Å².